The van der Waals surface area contributed by atoms with Gasteiger partial charge >= 0.3 is 6.18 Å². The molecule has 3 fully saturated rings. The van der Waals surface area contributed by atoms with E-state index >= 15 is 0 Å². The van der Waals surface area contributed by atoms with Gasteiger partial charge in [0, 0.05) is 23.1 Å². The molecule has 138 valence electrons. The van der Waals surface area contributed by atoms with Crippen LogP contribution in [0.15, 0.2) is 18.2 Å². The van der Waals surface area contributed by atoms with Gasteiger partial charge in [-0.15, -0.1) is 10.2 Å². The molecule has 3 aliphatic rings. The summed E-state index contributed by atoms with van der Waals surface area (Å²) in [6, 6.07) is 2.72. The van der Waals surface area contributed by atoms with Crippen LogP contribution in [0.3, 0.4) is 0 Å². The first-order valence-electron chi connectivity index (χ1n) is 8.16. The second-order valence-corrected chi connectivity index (χ2v) is 7.39. The topological polar surface area (TPSA) is 91.2 Å². The molecule has 0 radical (unpaired) electrons. The van der Waals surface area contributed by atoms with Gasteiger partial charge in [-0.05, 0) is 44.4 Å². The Labute approximate surface area is 147 Å². The van der Waals surface area contributed by atoms with Crippen molar-refractivity contribution in [1.82, 2.24) is 15.2 Å². The average Bonchev–Trinajstić information content (AvgIpc) is 2.49. The van der Waals surface area contributed by atoms with Crippen molar-refractivity contribution in [2.75, 3.05) is 11.9 Å². The summed E-state index contributed by atoms with van der Waals surface area (Å²) in [4.78, 5) is 4.32. The van der Waals surface area contributed by atoms with Gasteiger partial charge < -0.3 is 15.5 Å². The summed E-state index contributed by atoms with van der Waals surface area (Å²) in [5.41, 5.74) is -0.160. The average molecular weight is 366 g/mol. The number of halogens is 3. The fraction of sp³-hybridized carbons (Fsp3) is 0.471. The number of nitrogens with one attached hydrogen (secondary N) is 1. The van der Waals surface area contributed by atoms with Crippen LogP contribution < -0.4 is 5.32 Å². The van der Waals surface area contributed by atoms with E-state index in [0.717, 1.165) is 31.4 Å². The molecule has 0 saturated heterocycles. The van der Waals surface area contributed by atoms with Gasteiger partial charge in [0.1, 0.15) is 11.4 Å². The number of hydrogen-bond acceptors (Lipinski definition) is 6. The van der Waals surface area contributed by atoms with Crippen LogP contribution in [-0.4, -0.2) is 37.5 Å². The van der Waals surface area contributed by atoms with Crippen LogP contribution in [-0.2, 0) is 6.18 Å². The number of aromatic nitrogens is 3. The number of aryl methyl sites for hydroxylation is 1. The zero-order chi connectivity index (χ0) is 18.7. The molecule has 1 heterocycles. The van der Waals surface area contributed by atoms with Crippen molar-refractivity contribution in [3.63, 3.8) is 0 Å². The fourth-order valence-corrected chi connectivity index (χ4v) is 4.15. The molecule has 0 spiro atoms. The predicted molar refractivity (Wildman–Crippen MR) is 86.4 cm³/mol. The molecule has 0 unspecified atom stereocenters. The van der Waals surface area contributed by atoms with Gasteiger partial charge in [-0.2, -0.15) is 13.2 Å². The minimum Gasteiger partial charge on any atom is -0.507 e. The summed E-state index contributed by atoms with van der Waals surface area (Å²) in [7, 11) is 0. The van der Waals surface area contributed by atoms with Gasteiger partial charge in [0.25, 0.3) is 0 Å². The van der Waals surface area contributed by atoms with Crippen LogP contribution in [0.25, 0.3) is 11.3 Å². The zero-order valence-corrected chi connectivity index (χ0v) is 13.9. The molecule has 1 aromatic heterocycles. The molecule has 3 N–H and O–H groups in total. The highest BCUT2D eigenvalue weighted by atomic mass is 19.4. The lowest BCUT2D eigenvalue weighted by Gasteiger charge is -2.70. The van der Waals surface area contributed by atoms with E-state index in [1.165, 1.54) is 0 Å². The molecule has 1 aromatic carbocycles. The molecule has 9 heteroatoms. The third kappa shape index (κ3) is 2.57. The Bertz CT molecular complexity index is 865. The van der Waals surface area contributed by atoms with E-state index in [2.05, 4.69) is 20.5 Å². The summed E-state index contributed by atoms with van der Waals surface area (Å²) in [6.07, 6.45) is -1.95. The number of phenols is 1. The van der Waals surface area contributed by atoms with Gasteiger partial charge in [0.15, 0.2) is 0 Å². The van der Waals surface area contributed by atoms with Crippen LogP contribution in [0.4, 0.5) is 19.1 Å². The van der Waals surface area contributed by atoms with Crippen molar-refractivity contribution in [2.45, 2.75) is 37.9 Å². The number of anilines is 1. The number of alkyl halides is 3. The molecule has 0 amide bonds. The van der Waals surface area contributed by atoms with Crippen molar-refractivity contribution < 1.29 is 23.4 Å². The summed E-state index contributed by atoms with van der Waals surface area (Å²) in [5.74, 6) is -0.187. The Morgan fingerprint density at radius 3 is 2.42 bits per heavy atom. The Morgan fingerprint density at radius 1 is 1.19 bits per heavy atom. The highest BCUT2D eigenvalue weighted by Gasteiger charge is 2.67. The van der Waals surface area contributed by atoms with Gasteiger partial charge in [-0.1, -0.05) is 0 Å². The van der Waals surface area contributed by atoms with Gasteiger partial charge in [-0.25, -0.2) is 4.98 Å². The van der Waals surface area contributed by atoms with Crippen LogP contribution in [0.1, 0.15) is 30.5 Å². The van der Waals surface area contributed by atoms with Gasteiger partial charge in [-0.3, -0.25) is 0 Å². The first kappa shape index (κ1) is 17.0. The largest absolute Gasteiger partial charge is 0.507 e. The maximum absolute atomic E-state index is 12.7. The van der Waals surface area contributed by atoms with Crippen LogP contribution in [0.2, 0.25) is 0 Å². The predicted octanol–water partition coefficient (Wildman–Crippen LogP) is 2.90. The lowest BCUT2D eigenvalue weighted by molar-refractivity contribution is -0.146. The van der Waals surface area contributed by atoms with Crippen LogP contribution in [0.5, 0.6) is 5.75 Å². The monoisotopic (exact) mass is 366 g/mol. The lowest BCUT2D eigenvalue weighted by atomic mass is 9.40. The molecule has 2 bridgehead atoms. The van der Waals surface area contributed by atoms with Crippen molar-refractivity contribution >= 4 is 5.95 Å². The number of benzene rings is 1. The van der Waals surface area contributed by atoms with E-state index in [-0.39, 0.29) is 28.8 Å². The second kappa shape index (κ2) is 5.29. The minimum atomic E-state index is -4.53. The molecular weight excluding hydrogens is 349 g/mol. The van der Waals surface area contributed by atoms with Crippen molar-refractivity contribution in [3.8, 4) is 17.0 Å². The van der Waals surface area contributed by atoms with E-state index in [1.54, 1.807) is 6.92 Å². The minimum absolute atomic E-state index is 0.0431. The molecule has 3 aliphatic carbocycles. The first-order valence-corrected chi connectivity index (χ1v) is 8.16. The molecule has 26 heavy (non-hydrogen) atoms. The molecule has 0 atom stereocenters. The number of aliphatic hydroxyl groups is 1. The number of aliphatic hydroxyl groups excluding tert-OH is 1. The number of rotatable bonds is 4. The molecule has 0 aliphatic heterocycles. The van der Waals surface area contributed by atoms with Crippen molar-refractivity contribution in [3.05, 3.63) is 29.5 Å². The van der Waals surface area contributed by atoms with Crippen molar-refractivity contribution in [2.24, 2.45) is 5.41 Å². The standard InChI is InChI=1S/C17H17F3N4O2/c1-9-13(11-3-2-10(4-12(11)26)17(18,19)20)23-24-14(21-9)22-16-5-15(6-16,7-16)8-25/h2-4,25-26H,5-8H2,1H3,(H,21,22,24). The van der Waals surface area contributed by atoms with Gasteiger partial charge in [0.05, 0.1) is 11.3 Å². The molecule has 3 saturated carbocycles. The lowest BCUT2D eigenvalue weighted by Crippen LogP contribution is -2.72. The van der Waals surface area contributed by atoms with E-state index in [0.29, 0.717) is 17.7 Å². The Hall–Kier alpha value is -2.42. The van der Waals surface area contributed by atoms with E-state index < -0.39 is 17.5 Å². The Morgan fingerprint density at radius 2 is 1.88 bits per heavy atom. The molecular formula is C17H17F3N4O2. The second-order valence-electron chi connectivity index (χ2n) is 7.39. The maximum atomic E-state index is 12.7. The molecule has 2 aromatic rings. The highest BCUT2D eigenvalue weighted by molar-refractivity contribution is 5.69. The fourth-order valence-electron chi connectivity index (χ4n) is 4.15. The third-order valence-corrected chi connectivity index (χ3v) is 5.29. The summed E-state index contributed by atoms with van der Waals surface area (Å²) in [6.45, 7) is 1.84. The van der Waals surface area contributed by atoms with Gasteiger partial charge in [0.2, 0.25) is 5.95 Å². The Balaban J connectivity index is 1.55. The number of phenolic OH excluding ortho intramolecular Hbond substituents is 1. The zero-order valence-electron chi connectivity index (χ0n) is 13.9. The quantitative estimate of drug-likeness (QED) is 0.771. The SMILES string of the molecule is Cc1nc(NC23CC(CO)(C2)C3)nnc1-c1ccc(C(F)(F)F)cc1O. The number of aromatic hydroxyl groups is 1. The smallest absolute Gasteiger partial charge is 0.416 e. The highest BCUT2D eigenvalue weighted by Crippen LogP contribution is 2.67. The number of hydrogen-bond donors (Lipinski definition) is 3. The van der Waals surface area contributed by atoms with Crippen LogP contribution >= 0.6 is 0 Å². The maximum Gasteiger partial charge on any atom is 0.416 e. The number of nitrogens with zero attached hydrogens (tertiary/aromatic N) is 3. The summed E-state index contributed by atoms with van der Waals surface area (Å²) in [5, 5.41) is 30.5. The van der Waals surface area contributed by atoms with E-state index in [4.69, 9.17) is 0 Å². The van der Waals surface area contributed by atoms with Crippen molar-refractivity contribution in [1.29, 1.82) is 0 Å². The molecule has 6 nitrogen and oxygen atoms in total. The summed E-state index contributed by atoms with van der Waals surface area (Å²) >= 11 is 0. The normalized spacial score (nSPS) is 26.8. The summed E-state index contributed by atoms with van der Waals surface area (Å²) < 4.78 is 38.1. The third-order valence-electron chi connectivity index (χ3n) is 5.29. The van der Waals surface area contributed by atoms with E-state index in [9.17, 15) is 23.4 Å². The van der Waals surface area contributed by atoms with Crippen LogP contribution in [0, 0.1) is 12.3 Å². The van der Waals surface area contributed by atoms with E-state index in [1.807, 2.05) is 0 Å². The molecule has 5 rings (SSSR count). The first-order chi connectivity index (χ1) is 12.2. The Kier molecular flexibility index (Phi) is 3.46.